The lowest BCUT2D eigenvalue weighted by Crippen LogP contribution is -2.42. The third kappa shape index (κ3) is 8.16. The molecule has 90 valence electrons. The van der Waals surface area contributed by atoms with Gasteiger partial charge < -0.3 is 21.3 Å². The van der Waals surface area contributed by atoms with Crippen molar-refractivity contribution in [1.29, 1.82) is 0 Å². The maximum Gasteiger partial charge on any atom is 0.0674 e. The topological polar surface area (TPSA) is 48.1 Å². The molecular weight excluding hydrogens is 198 g/mol. The summed E-state index contributed by atoms with van der Waals surface area (Å²) in [5.74, 6) is 0. The lowest BCUT2D eigenvalue weighted by Gasteiger charge is -2.18. The van der Waals surface area contributed by atoms with E-state index in [0.717, 1.165) is 26.2 Å². The highest BCUT2D eigenvalue weighted by Gasteiger charge is 2.03. The van der Waals surface area contributed by atoms with Crippen LogP contribution in [0.25, 0.3) is 0 Å². The zero-order valence-corrected chi connectivity index (χ0v) is 10.6. The van der Waals surface area contributed by atoms with Crippen LogP contribution in [0.1, 0.15) is 0 Å². The fourth-order valence-electron chi connectivity index (χ4n) is 1.43. The van der Waals surface area contributed by atoms with Crippen LogP contribution in [0, 0.1) is 0 Å². The van der Waals surface area contributed by atoms with Crippen LogP contribution < -0.4 is 21.3 Å². The van der Waals surface area contributed by atoms with Crippen molar-refractivity contribution in [1.82, 2.24) is 21.3 Å². The Morgan fingerprint density at radius 2 is 1.62 bits per heavy atom. The normalized spacial score (nSPS) is 14.9. The van der Waals surface area contributed by atoms with Crippen molar-refractivity contribution >= 4 is 15.7 Å². The van der Waals surface area contributed by atoms with Crippen LogP contribution in [0.15, 0.2) is 0 Å². The Bertz CT molecular complexity index is 145. The number of hydrogen-bond acceptors (Lipinski definition) is 4. The Kier molecular flexibility index (Phi) is 11.4. The molecule has 0 aliphatic carbocycles. The summed E-state index contributed by atoms with van der Waals surface area (Å²) in [6.07, 6.45) is 1.31. The van der Waals surface area contributed by atoms with Gasteiger partial charge in [-0.15, -0.1) is 0 Å². The third-order valence-corrected chi connectivity index (χ3v) is 2.55. The van der Waals surface area contributed by atoms with Gasteiger partial charge in [-0.05, 0) is 14.1 Å². The molecule has 0 heterocycles. The van der Waals surface area contributed by atoms with Crippen molar-refractivity contribution in [2.75, 3.05) is 40.3 Å². The second kappa shape index (κ2) is 11.5. The van der Waals surface area contributed by atoms with E-state index in [2.05, 4.69) is 21.3 Å². The quantitative estimate of drug-likeness (QED) is 0.254. The van der Waals surface area contributed by atoms with Crippen LogP contribution in [0.4, 0.5) is 0 Å². The van der Waals surface area contributed by atoms with Gasteiger partial charge in [-0.2, -0.15) is 0 Å². The van der Waals surface area contributed by atoms with E-state index in [1.54, 1.807) is 0 Å². The second-order valence-corrected chi connectivity index (χ2v) is 3.87. The van der Waals surface area contributed by atoms with Gasteiger partial charge in [0.1, 0.15) is 0 Å². The van der Waals surface area contributed by atoms with Crippen LogP contribution >= 0.6 is 0 Å². The molecule has 4 N–H and O–H groups in total. The molecule has 0 aromatic rings. The standard InChI is InChI=1S/C10H24B2N4/c1-13-7-10(6-12)16-4-3-15-8-9(5-11)14-2/h9-10,13-16H,3-8H2,1-2H3. The van der Waals surface area contributed by atoms with Crippen LogP contribution in [0.5, 0.6) is 0 Å². The van der Waals surface area contributed by atoms with Crippen LogP contribution in [-0.4, -0.2) is 68.1 Å². The highest BCUT2D eigenvalue weighted by atomic mass is 15.0. The molecule has 0 aromatic heterocycles. The lowest BCUT2D eigenvalue weighted by molar-refractivity contribution is 0.490. The Morgan fingerprint density at radius 3 is 2.12 bits per heavy atom. The summed E-state index contributed by atoms with van der Waals surface area (Å²) in [7, 11) is 15.0. The first-order chi connectivity index (χ1) is 7.78. The minimum absolute atomic E-state index is 0.349. The summed E-state index contributed by atoms with van der Waals surface area (Å²) in [6.45, 7) is 3.65. The molecule has 0 aliphatic heterocycles. The Hall–Kier alpha value is -0.0301. The van der Waals surface area contributed by atoms with Crippen molar-refractivity contribution in [2.24, 2.45) is 0 Å². The molecule has 4 radical (unpaired) electrons. The fraction of sp³-hybridized carbons (Fsp3) is 1.00. The molecule has 16 heavy (non-hydrogen) atoms. The number of hydrogen-bond donors (Lipinski definition) is 4. The van der Waals surface area contributed by atoms with Crippen LogP contribution in [-0.2, 0) is 0 Å². The van der Waals surface area contributed by atoms with Gasteiger partial charge in [0.25, 0.3) is 0 Å². The number of nitrogens with one attached hydrogen (secondary N) is 4. The second-order valence-electron chi connectivity index (χ2n) is 3.87. The van der Waals surface area contributed by atoms with Gasteiger partial charge in [0, 0.05) is 38.3 Å². The van der Waals surface area contributed by atoms with Crippen molar-refractivity contribution in [3.8, 4) is 0 Å². The van der Waals surface area contributed by atoms with Gasteiger partial charge in [-0.1, -0.05) is 12.6 Å². The van der Waals surface area contributed by atoms with Gasteiger partial charge in [0.05, 0.1) is 15.7 Å². The first-order valence-corrected chi connectivity index (χ1v) is 5.94. The highest BCUT2D eigenvalue weighted by molar-refractivity contribution is 6.09. The van der Waals surface area contributed by atoms with Crippen molar-refractivity contribution in [2.45, 2.75) is 24.7 Å². The molecule has 6 heteroatoms. The highest BCUT2D eigenvalue weighted by Crippen LogP contribution is 1.86. The zero-order chi connectivity index (χ0) is 12.2. The molecule has 0 aromatic carbocycles. The van der Waals surface area contributed by atoms with E-state index in [9.17, 15) is 0 Å². The predicted octanol–water partition coefficient (Wildman–Crippen LogP) is -1.48. The lowest BCUT2D eigenvalue weighted by atomic mass is 9.97. The molecule has 2 unspecified atom stereocenters. The summed E-state index contributed by atoms with van der Waals surface area (Å²) in [5.41, 5.74) is 0. The van der Waals surface area contributed by atoms with Crippen molar-refractivity contribution in [3.05, 3.63) is 0 Å². The first kappa shape index (κ1) is 16.0. The third-order valence-electron chi connectivity index (χ3n) is 2.55. The van der Waals surface area contributed by atoms with Crippen molar-refractivity contribution in [3.63, 3.8) is 0 Å². The van der Waals surface area contributed by atoms with E-state index in [0.29, 0.717) is 24.7 Å². The van der Waals surface area contributed by atoms with Gasteiger partial charge in [0.2, 0.25) is 0 Å². The Labute approximate surface area is 103 Å². The first-order valence-electron chi connectivity index (χ1n) is 5.94. The summed E-state index contributed by atoms with van der Waals surface area (Å²) in [4.78, 5) is 0. The SMILES string of the molecule is [B]CC(CNCCNC(C[B])CNC)NC. The average Bonchev–Trinajstić information content (AvgIpc) is 2.32. The molecule has 0 bridgehead atoms. The summed E-state index contributed by atoms with van der Waals surface area (Å²) >= 11 is 0. The molecule has 0 spiro atoms. The Balaban J connectivity index is 3.37. The minimum Gasteiger partial charge on any atom is -0.318 e. The maximum absolute atomic E-state index is 5.62. The zero-order valence-electron chi connectivity index (χ0n) is 10.6. The van der Waals surface area contributed by atoms with E-state index in [4.69, 9.17) is 15.7 Å². The maximum atomic E-state index is 5.62. The molecule has 0 saturated heterocycles. The van der Waals surface area contributed by atoms with Gasteiger partial charge in [0.15, 0.2) is 0 Å². The van der Waals surface area contributed by atoms with Crippen LogP contribution in [0.2, 0.25) is 12.6 Å². The molecular formula is C10H24B2N4. The number of rotatable bonds is 11. The minimum atomic E-state index is 0.349. The van der Waals surface area contributed by atoms with Crippen LogP contribution in [0.3, 0.4) is 0 Å². The van der Waals surface area contributed by atoms with E-state index in [1.165, 1.54) is 0 Å². The van der Waals surface area contributed by atoms with E-state index in [1.807, 2.05) is 14.1 Å². The molecule has 2 atom stereocenters. The largest absolute Gasteiger partial charge is 0.318 e. The molecule has 0 aliphatic rings. The molecule has 0 amide bonds. The number of likely N-dealkylation sites (N-methyl/N-ethyl adjacent to an activating group) is 2. The summed E-state index contributed by atoms with van der Waals surface area (Å²) in [6, 6.07) is 0.698. The van der Waals surface area contributed by atoms with Gasteiger partial charge >= 0.3 is 0 Å². The average molecular weight is 222 g/mol. The molecule has 0 fully saturated rings. The monoisotopic (exact) mass is 222 g/mol. The van der Waals surface area contributed by atoms with Gasteiger partial charge in [-0.3, -0.25) is 0 Å². The predicted molar refractivity (Wildman–Crippen MR) is 72.6 cm³/mol. The summed E-state index contributed by atoms with van der Waals surface area (Å²) in [5, 5.41) is 13.0. The Morgan fingerprint density at radius 1 is 0.938 bits per heavy atom. The van der Waals surface area contributed by atoms with Gasteiger partial charge in [-0.25, -0.2) is 0 Å². The van der Waals surface area contributed by atoms with Crippen molar-refractivity contribution < 1.29 is 0 Å². The molecule has 0 saturated carbocycles. The van der Waals surface area contributed by atoms with E-state index in [-0.39, 0.29) is 0 Å². The fourth-order valence-corrected chi connectivity index (χ4v) is 1.43. The van der Waals surface area contributed by atoms with E-state index < -0.39 is 0 Å². The smallest absolute Gasteiger partial charge is 0.0674 e. The molecule has 4 nitrogen and oxygen atoms in total. The van der Waals surface area contributed by atoms with E-state index >= 15 is 0 Å². The molecule has 0 rings (SSSR count). The summed E-state index contributed by atoms with van der Waals surface area (Å²) < 4.78 is 0.